The fourth-order valence-corrected chi connectivity index (χ4v) is 1.86. The van der Waals surface area contributed by atoms with E-state index in [1.807, 2.05) is 0 Å². The molecular weight excluding hydrogens is 217 g/mol. The van der Waals surface area contributed by atoms with E-state index in [1.54, 1.807) is 17.0 Å². The second kappa shape index (κ2) is 3.88. The average Bonchev–Trinajstić information content (AvgIpc) is 2.23. The summed E-state index contributed by atoms with van der Waals surface area (Å²) in [5.41, 5.74) is 5.80. The van der Waals surface area contributed by atoms with Gasteiger partial charge in [0.1, 0.15) is 0 Å². The topological polar surface area (TPSA) is 29.3 Å². The summed E-state index contributed by atoms with van der Waals surface area (Å²) in [5, 5.41) is 0. The zero-order chi connectivity index (χ0) is 11.8. The van der Waals surface area contributed by atoms with E-state index in [1.165, 1.54) is 6.07 Å². The van der Waals surface area contributed by atoms with Gasteiger partial charge in [-0.2, -0.15) is 0 Å². The van der Waals surface area contributed by atoms with Crippen LogP contribution in [0.15, 0.2) is 18.2 Å². The maximum absolute atomic E-state index is 13.6. The van der Waals surface area contributed by atoms with Gasteiger partial charge in [-0.05, 0) is 12.1 Å². The lowest BCUT2D eigenvalue weighted by Crippen LogP contribution is -2.39. The third-order valence-electron chi connectivity index (χ3n) is 2.84. The maximum atomic E-state index is 13.6. The Labute approximate surface area is 91.8 Å². The minimum atomic E-state index is -2.62. The van der Waals surface area contributed by atoms with Gasteiger partial charge in [-0.1, -0.05) is 6.07 Å². The standard InChI is InChI=1S/C11H13F3N2/c12-10-8(15)2-1-3-9(10)16-6-4-11(13,14)5-7-16/h1-3H,4-7,15H2. The summed E-state index contributed by atoms with van der Waals surface area (Å²) in [7, 11) is 0. The summed E-state index contributed by atoms with van der Waals surface area (Å²) in [6, 6.07) is 4.65. The Kier molecular flexibility index (Phi) is 2.69. The van der Waals surface area contributed by atoms with Crippen molar-refractivity contribution in [3.05, 3.63) is 24.0 Å². The highest BCUT2D eigenvalue weighted by Crippen LogP contribution is 2.32. The van der Waals surface area contributed by atoms with Gasteiger partial charge < -0.3 is 10.6 Å². The van der Waals surface area contributed by atoms with Crippen LogP contribution < -0.4 is 10.6 Å². The summed E-state index contributed by atoms with van der Waals surface area (Å²) in [4.78, 5) is 1.61. The summed E-state index contributed by atoms with van der Waals surface area (Å²) in [5.74, 6) is -3.14. The van der Waals surface area contributed by atoms with E-state index in [4.69, 9.17) is 5.73 Å². The van der Waals surface area contributed by atoms with Crippen LogP contribution in [-0.2, 0) is 0 Å². The highest BCUT2D eigenvalue weighted by atomic mass is 19.3. The van der Waals surface area contributed by atoms with E-state index in [-0.39, 0.29) is 31.6 Å². The van der Waals surface area contributed by atoms with E-state index in [9.17, 15) is 13.2 Å². The molecule has 0 aliphatic carbocycles. The highest BCUT2D eigenvalue weighted by Gasteiger charge is 2.34. The van der Waals surface area contributed by atoms with E-state index >= 15 is 0 Å². The van der Waals surface area contributed by atoms with Gasteiger partial charge in [-0.25, -0.2) is 13.2 Å². The smallest absolute Gasteiger partial charge is 0.251 e. The first-order valence-corrected chi connectivity index (χ1v) is 5.16. The molecule has 1 fully saturated rings. The van der Waals surface area contributed by atoms with Crippen molar-refractivity contribution >= 4 is 11.4 Å². The van der Waals surface area contributed by atoms with Gasteiger partial charge in [0.05, 0.1) is 11.4 Å². The number of halogens is 3. The second-order valence-electron chi connectivity index (χ2n) is 4.02. The number of piperidine rings is 1. The zero-order valence-electron chi connectivity index (χ0n) is 8.72. The summed E-state index contributed by atoms with van der Waals surface area (Å²) >= 11 is 0. The molecule has 5 heteroatoms. The molecule has 0 saturated carbocycles. The normalized spacial score (nSPS) is 19.8. The lowest BCUT2D eigenvalue weighted by molar-refractivity contribution is -0.0221. The van der Waals surface area contributed by atoms with Crippen molar-refractivity contribution < 1.29 is 13.2 Å². The molecule has 2 nitrogen and oxygen atoms in total. The third kappa shape index (κ3) is 2.08. The van der Waals surface area contributed by atoms with Crippen LogP contribution in [0.4, 0.5) is 24.5 Å². The van der Waals surface area contributed by atoms with Gasteiger partial charge in [0.15, 0.2) is 5.82 Å². The molecule has 2 rings (SSSR count). The number of nitrogen functional groups attached to an aromatic ring is 1. The second-order valence-corrected chi connectivity index (χ2v) is 4.02. The molecule has 88 valence electrons. The fourth-order valence-electron chi connectivity index (χ4n) is 1.86. The molecular formula is C11H13F3N2. The van der Waals surface area contributed by atoms with Crippen LogP contribution in [0, 0.1) is 5.82 Å². The molecule has 1 aliphatic heterocycles. The van der Waals surface area contributed by atoms with Crippen molar-refractivity contribution in [1.82, 2.24) is 0 Å². The Hall–Kier alpha value is -1.39. The molecule has 1 heterocycles. The first-order valence-electron chi connectivity index (χ1n) is 5.16. The minimum Gasteiger partial charge on any atom is -0.396 e. The van der Waals surface area contributed by atoms with Crippen molar-refractivity contribution in [2.75, 3.05) is 23.7 Å². The van der Waals surface area contributed by atoms with E-state index in [0.29, 0.717) is 5.69 Å². The Balaban J connectivity index is 2.17. The first kappa shape index (κ1) is 11.1. The molecule has 1 saturated heterocycles. The van der Waals surface area contributed by atoms with Crippen molar-refractivity contribution in [3.63, 3.8) is 0 Å². The zero-order valence-corrected chi connectivity index (χ0v) is 8.72. The summed E-state index contributed by atoms with van der Waals surface area (Å²) < 4.78 is 39.5. The highest BCUT2D eigenvalue weighted by molar-refractivity contribution is 5.58. The van der Waals surface area contributed by atoms with Gasteiger partial charge in [-0.15, -0.1) is 0 Å². The minimum absolute atomic E-state index is 0.0508. The molecule has 2 N–H and O–H groups in total. The van der Waals surface area contributed by atoms with Gasteiger partial charge in [0.25, 0.3) is 5.92 Å². The van der Waals surface area contributed by atoms with Crippen LogP contribution >= 0.6 is 0 Å². The Morgan fingerprint density at radius 3 is 2.44 bits per heavy atom. The number of rotatable bonds is 1. The largest absolute Gasteiger partial charge is 0.396 e. The Morgan fingerprint density at radius 1 is 1.19 bits per heavy atom. The van der Waals surface area contributed by atoms with Crippen molar-refractivity contribution in [3.8, 4) is 0 Å². The molecule has 0 amide bonds. The number of benzene rings is 1. The van der Waals surface area contributed by atoms with Crippen molar-refractivity contribution in [1.29, 1.82) is 0 Å². The molecule has 1 aromatic carbocycles. The van der Waals surface area contributed by atoms with Crippen LogP contribution in [0.25, 0.3) is 0 Å². The molecule has 16 heavy (non-hydrogen) atoms. The monoisotopic (exact) mass is 230 g/mol. The molecule has 0 radical (unpaired) electrons. The number of anilines is 2. The van der Waals surface area contributed by atoms with Gasteiger partial charge in [0, 0.05) is 25.9 Å². The van der Waals surface area contributed by atoms with Crippen molar-refractivity contribution in [2.45, 2.75) is 18.8 Å². The Bertz CT molecular complexity index is 383. The number of nitrogens with two attached hydrogens (primary N) is 1. The predicted octanol–water partition coefficient (Wildman–Crippen LogP) is 2.64. The molecule has 0 unspecified atom stereocenters. The summed E-state index contributed by atoms with van der Waals surface area (Å²) in [6.07, 6.45) is -0.470. The van der Waals surface area contributed by atoms with Crippen LogP contribution in [-0.4, -0.2) is 19.0 Å². The quantitative estimate of drug-likeness (QED) is 0.751. The van der Waals surface area contributed by atoms with Gasteiger partial charge >= 0.3 is 0 Å². The van der Waals surface area contributed by atoms with E-state index in [0.717, 1.165) is 0 Å². The number of hydrogen-bond acceptors (Lipinski definition) is 2. The van der Waals surface area contributed by atoms with Crippen molar-refractivity contribution in [2.24, 2.45) is 0 Å². The average molecular weight is 230 g/mol. The predicted molar refractivity (Wildman–Crippen MR) is 57.2 cm³/mol. The molecule has 0 atom stereocenters. The number of nitrogens with zero attached hydrogens (tertiary/aromatic N) is 1. The summed E-state index contributed by atoms with van der Waals surface area (Å²) in [6.45, 7) is 0.320. The lowest BCUT2D eigenvalue weighted by Gasteiger charge is -2.33. The van der Waals surface area contributed by atoms with Crippen LogP contribution in [0.2, 0.25) is 0 Å². The van der Waals surface area contributed by atoms with Crippen LogP contribution in [0.3, 0.4) is 0 Å². The van der Waals surface area contributed by atoms with Crippen LogP contribution in [0.5, 0.6) is 0 Å². The Morgan fingerprint density at radius 2 is 1.81 bits per heavy atom. The van der Waals surface area contributed by atoms with Gasteiger partial charge in [0.2, 0.25) is 0 Å². The van der Waals surface area contributed by atoms with Crippen LogP contribution in [0.1, 0.15) is 12.8 Å². The number of hydrogen-bond donors (Lipinski definition) is 1. The number of alkyl halides is 2. The SMILES string of the molecule is Nc1cccc(N2CCC(F)(F)CC2)c1F. The lowest BCUT2D eigenvalue weighted by atomic mass is 10.1. The molecule has 1 aliphatic rings. The van der Waals surface area contributed by atoms with E-state index < -0.39 is 11.7 Å². The fraction of sp³-hybridized carbons (Fsp3) is 0.455. The maximum Gasteiger partial charge on any atom is 0.251 e. The van der Waals surface area contributed by atoms with Gasteiger partial charge in [-0.3, -0.25) is 0 Å². The van der Waals surface area contributed by atoms with E-state index in [2.05, 4.69) is 0 Å². The molecule has 0 bridgehead atoms. The molecule has 1 aromatic rings. The molecule has 0 aromatic heterocycles. The third-order valence-corrected chi connectivity index (χ3v) is 2.84. The first-order chi connectivity index (χ1) is 7.49. The molecule has 0 spiro atoms.